The minimum absolute atomic E-state index is 0.519. The maximum absolute atomic E-state index is 6.62. The second kappa shape index (κ2) is 10.7. The van der Waals surface area contributed by atoms with Crippen LogP contribution in [0.2, 0.25) is 5.02 Å². The van der Waals surface area contributed by atoms with E-state index in [1.54, 1.807) is 25.4 Å². The summed E-state index contributed by atoms with van der Waals surface area (Å²) < 4.78 is 0. The van der Waals surface area contributed by atoms with E-state index in [4.69, 9.17) is 17.0 Å². The van der Waals surface area contributed by atoms with E-state index in [9.17, 15) is 0 Å². The van der Waals surface area contributed by atoms with Crippen LogP contribution in [0.3, 0.4) is 0 Å². The predicted octanol–water partition coefficient (Wildman–Crippen LogP) is 4.53. The quantitative estimate of drug-likeness (QED) is 0.630. The third kappa shape index (κ3) is 7.28. The van der Waals surface area contributed by atoms with Gasteiger partial charge in [-0.1, -0.05) is 30.3 Å². The first-order valence-corrected chi connectivity index (χ1v) is 6.29. The van der Waals surface area contributed by atoms with Gasteiger partial charge in [-0.15, -0.1) is 6.58 Å². The molecule has 2 aromatic heterocycles. The van der Waals surface area contributed by atoms with Gasteiger partial charge in [0.2, 0.25) is 0 Å². The summed E-state index contributed by atoms with van der Waals surface area (Å²) in [5, 5.41) is 13.8. The lowest BCUT2D eigenvalue weighted by molar-refractivity contribution is 1.09. The highest BCUT2D eigenvalue weighted by atomic mass is 35.5. The van der Waals surface area contributed by atoms with Gasteiger partial charge >= 0.3 is 0 Å². The number of H-pyrrole nitrogens is 1. The summed E-state index contributed by atoms with van der Waals surface area (Å²) in [5.74, 6) is 0. The predicted molar refractivity (Wildman–Crippen MR) is 86.3 cm³/mol. The molecule has 0 saturated carbocycles. The van der Waals surface area contributed by atoms with E-state index in [0.29, 0.717) is 10.7 Å². The third-order valence-corrected chi connectivity index (χ3v) is 2.11. The lowest BCUT2D eigenvalue weighted by atomic mass is 10.3. The van der Waals surface area contributed by atoms with Crippen molar-refractivity contribution < 1.29 is 0 Å². The van der Waals surface area contributed by atoms with Crippen molar-refractivity contribution >= 4 is 17.3 Å². The Morgan fingerprint density at radius 3 is 2.35 bits per heavy atom. The van der Waals surface area contributed by atoms with Crippen LogP contribution in [-0.2, 0) is 0 Å². The van der Waals surface area contributed by atoms with E-state index < -0.39 is 0 Å². The van der Waals surface area contributed by atoms with Crippen LogP contribution >= 0.6 is 11.6 Å². The number of nitrogens with one attached hydrogen (secondary N) is 2. The van der Waals surface area contributed by atoms with Crippen molar-refractivity contribution in [2.75, 3.05) is 0 Å². The van der Waals surface area contributed by atoms with E-state index in [1.165, 1.54) is 6.08 Å². The van der Waals surface area contributed by atoms with Gasteiger partial charge in [-0.3, -0.25) is 10.1 Å². The van der Waals surface area contributed by atoms with Crippen molar-refractivity contribution in [2.45, 2.75) is 13.8 Å². The number of nitrogens with zero attached hydrogens (tertiary/aromatic N) is 2. The molecule has 0 aliphatic carbocycles. The van der Waals surface area contributed by atoms with Crippen molar-refractivity contribution in [3.8, 4) is 11.4 Å². The topological polar surface area (TPSA) is 65.4 Å². The lowest BCUT2D eigenvalue weighted by Gasteiger charge is -1.94. The minimum atomic E-state index is 0.519. The number of hydrogen-bond acceptors (Lipinski definition) is 3. The Bertz CT molecular complexity index is 532. The second-order valence-electron chi connectivity index (χ2n) is 3.60. The van der Waals surface area contributed by atoms with Crippen LogP contribution < -0.4 is 0 Å². The molecule has 0 radical (unpaired) electrons. The summed E-state index contributed by atoms with van der Waals surface area (Å²) in [5.41, 5.74) is 2.09. The van der Waals surface area contributed by atoms with Gasteiger partial charge in [0.05, 0.1) is 16.9 Å². The molecular weight excluding hydrogens is 272 g/mol. The molecule has 2 aromatic rings. The number of halogens is 1. The highest BCUT2D eigenvalue weighted by Gasteiger charge is 2.04. The molecule has 2 rings (SSSR count). The fourth-order valence-corrected chi connectivity index (χ4v) is 1.15. The molecule has 0 aliphatic rings. The molecule has 20 heavy (non-hydrogen) atoms. The van der Waals surface area contributed by atoms with Gasteiger partial charge in [0.1, 0.15) is 5.69 Å². The summed E-state index contributed by atoms with van der Waals surface area (Å²) >= 11 is 5.84. The monoisotopic (exact) mass is 290 g/mol. The van der Waals surface area contributed by atoms with Gasteiger partial charge in [0.25, 0.3) is 0 Å². The zero-order chi connectivity index (χ0) is 15.4. The smallest absolute Gasteiger partial charge is 0.102 e. The van der Waals surface area contributed by atoms with Gasteiger partial charge in [0, 0.05) is 11.9 Å². The Kier molecular flexibility index (Phi) is 9.52. The summed E-state index contributed by atoms with van der Waals surface area (Å²) in [6.45, 7) is 10.3. The largest absolute Gasteiger partial charge is 0.306 e. The summed E-state index contributed by atoms with van der Waals surface area (Å²) in [6, 6.07) is 5.63. The first kappa shape index (κ1) is 17.8. The van der Waals surface area contributed by atoms with Crippen LogP contribution in [0.15, 0.2) is 55.9 Å². The van der Waals surface area contributed by atoms with Crippen molar-refractivity contribution in [3.63, 3.8) is 0 Å². The summed E-state index contributed by atoms with van der Waals surface area (Å²) in [7, 11) is 0. The van der Waals surface area contributed by atoms with Crippen LogP contribution in [0.4, 0.5) is 0 Å². The maximum Gasteiger partial charge on any atom is 0.102 e. The Balaban J connectivity index is 0.000000382. The van der Waals surface area contributed by atoms with Crippen LogP contribution in [0.1, 0.15) is 13.8 Å². The highest BCUT2D eigenvalue weighted by Crippen LogP contribution is 2.22. The molecule has 5 heteroatoms. The summed E-state index contributed by atoms with van der Waals surface area (Å²) in [6.07, 6.45) is 6.53. The van der Waals surface area contributed by atoms with E-state index in [2.05, 4.69) is 28.3 Å². The van der Waals surface area contributed by atoms with Crippen LogP contribution in [0.25, 0.3) is 11.4 Å². The van der Waals surface area contributed by atoms with Crippen LogP contribution in [0.5, 0.6) is 0 Å². The fraction of sp³-hybridized carbons (Fsp3) is 0.133. The molecule has 0 amide bonds. The molecule has 0 aromatic carbocycles. The summed E-state index contributed by atoms with van der Waals surface area (Å²) in [4.78, 5) is 4.13. The number of aromatic nitrogens is 3. The van der Waals surface area contributed by atoms with E-state index in [-0.39, 0.29) is 0 Å². The number of aromatic amines is 1. The average Bonchev–Trinajstić information content (AvgIpc) is 2.87. The number of rotatable bonds is 2. The van der Waals surface area contributed by atoms with Crippen molar-refractivity contribution in [3.05, 3.63) is 60.9 Å². The Morgan fingerprint density at radius 1 is 1.40 bits per heavy atom. The number of pyridine rings is 1. The maximum atomic E-state index is 6.62. The molecule has 0 aliphatic heterocycles. The first-order chi connectivity index (χ1) is 9.56. The van der Waals surface area contributed by atoms with E-state index in [1.807, 2.05) is 25.1 Å². The fourth-order valence-electron chi connectivity index (χ4n) is 0.962. The standard InChI is InChI=1S/C8H6ClN3.C4H7N.C3H6/c9-6-5-11-12-8(6)7-3-1-2-4-10-7;1-3-4(2)5;1-3-2/h1-5H,(H,11,12);3,5H,1H2,2H3;3H,1H2,2H3. The molecule has 106 valence electrons. The zero-order valence-corrected chi connectivity index (χ0v) is 12.5. The van der Waals surface area contributed by atoms with Crippen molar-refractivity contribution in [2.24, 2.45) is 0 Å². The zero-order valence-electron chi connectivity index (χ0n) is 11.7. The molecular formula is C15H19ClN4. The third-order valence-electron chi connectivity index (χ3n) is 1.82. The Labute approximate surface area is 124 Å². The van der Waals surface area contributed by atoms with Gasteiger partial charge in [-0.25, -0.2) is 0 Å². The van der Waals surface area contributed by atoms with Gasteiger partial charge < -0.3 is 5.41 Å². The average molecular weight is 291 g/mol. The second-order valence-corrected chi connectivity index (χ2v) is 4.01. The molecule has 0 fully saturated rings. The normalized spacial score (nSPS) is 8.35. The number of hydrogen-bond donors (Lipinski definition) is 2. The molecule has 0 atom stereocenters. The molecule has 0 bridgehead atoms. The van der Waals surface area contributed by atoms with Gasteiger partial charge in [0.15, 0.2) is 0 Å². The van der Waals surface area contributed by atoms with Crippen LogP contribution in [0, 0.1) is 5.41 Å². The number of allylic oxidation sites excluding steroid dienone is 2. The van der Waals surface area contributed by atoms with E-state index in [0.717, 1.165) is 11.4 Å². The highest BCUT2D eigenvalue weighted by molar-refractivity contribution is 6.32. The SMILES string of the molecule is C=CC.C=CC(C)=N.Clc1cn[nH]c1-c1ccccn1. The Hall–Kier alpha value is -2.20. The van der Waals surface area contributed by atoms with Crippen LogP contribution in [-0.4, -0.2) is 20.9 Å². The Morgan fingerprint density at radius 2 is 2.00 bits per heavy atom. The first-order valence-electron chi connectivity index (χ1n) is 5.91. The van der Waals surface area contributed by atoms with Crippen molar-refractivity contribution in [1.29, 1.82) is 5.41 Å². The molecule has 4 nitrogen and oxygen atoms in total. The molecule has 0 spiro atoms. The molecule has 2 heterocycles. The molecule has 2 N–H and O–H groups in total. The molecule has 0 unspecified atom stereocenters. The van der Waals surface area contributed by atoms with E-state index >= 15 is 0 Å². The van der Waals surface area contributed by atoms with Gasteiger partial charge in [-0.05, 0) is 32.1 Å². The van der Waals surface area contributed by atoms with Gasteiger partial charge in [-0.2, -0.15) is 5.10 Å². The molecule has 0 saturated heterocycles. The van der Waals surface area contributed by atoms with Crippen molar-refractivity contribution in [1.82, 2.24) is 15.2 Å². The lowest BCUT2D eigenvalue weighted by Crippen LogP contribution is -1.82. The minimum Gasteiger partial charge on any atom is -0.306 e.